The summed E-state index contributed by atoms with van der Waals surface area (Å²) in [5, 5.41) is 12.8. The van der Waals surface area contributed by atoms with Crippen LogP contribution in [0.4, 0.5) is 31.9 Å². The van der Waals surface area contributed by atoms with Crippen LogP contribution in [0.2, 0.25) is 5.02 Å². The summed E-state index contributed by atoms with van der Waals surface area (Å²) in [5.41, 5.74) is 2.33. The van der Waals surface area contributed by atoms with E-state index in [0.717, 1.165) is 24.2 Å². The van der Waals surface area contributed by atoms with E-state index in [9.17, 15) is 8.78 Å². The molecule has 2 fully saturated rings. The molecule has 13 heteroatoms. The average molecular weight is 626 g/mol. The molecule has 44 heavy (non-hydrogen) atoms. The summed E-state index contributed by atoms with van der Waals surface area (Å²) in [6.45, 7) is 6.75. The second-order valence-corrected chi connectivity index (χ2v) is 10.3. The smallest absolute Gasteiger partial charge is 0.227 e. The van der Waals surface area contributed by atoms with E-state index in [0.29, 0.717) is 66.8 Å². The van der Waals surface area contributed by atoms with Crippen LogP contribution < -0.4 is 26.0 Å². The van der Waals surface area contributed by atoms with Crippen LogP contribution in [-0.4, -0.2) is 61.0 Å². The Morgan fingerprint density at radius 3 is 1.89 bits per heavy atom. The highest BCUT2D eigenvalue weighted by Crippen LogP contribution is 2.27. The maximum Gasteiger partial charge on any atom is 0.227 e. The van der Waals surface area contributed by atoms with Gasteiger partial charge in [-0.25, -0.2) is 23.7 Å². The van der Waals surface area contributed by atoms with Gasteiger partial charge in [0.1, 0.15) is 17.5 Å². The fourth-order valence-corrected chi connectivity index (χ4v) is 4.67. The molecule has 0 bridgehead atoms. The summed E-state index contributed by atoms with van der Waals surface area (Å²) in [4.78, 5) is 12.3. The standard InChI is InChI=1S/C16H19FN4O2.C15H15ClFN3O/c1-2-22-12-8-19-16(20-9-12)21-14-4-3-11(7-13(14)17)15-10-18-5-6-23-15;16-11-2-4-15(19-8-11)20-13-3-1-10(7-12(13)17)14-9-18-5-6-21-14/h3-4,7-9,15,18H,2,5-6,10H2,1H3,(H,19,20,21);1-4,7-8,14,18H,5-6,9H2,(H,19,20). The Bertz CT molecular complexity index is 1490. The van der Waals surface area contributed by atoms with E-state index in [1.54, 1.807) is 36.7 Å². The van der Waals surface area contributed by atoms with Crippen LogP contribution in [0.25, 0.3) is 0 Å². The lowest BCUT2D eigenvalue weighted by molar-refractivity contribution is 0.0275. The molecule has 6 rings (SSSR count). The van der Waals surface area contributed by atoms with Crippen molar-refractivity contribution in [1.82, 2.24) is 25.6 Å². The second-order valence-electron chi connectivity index (χ2n) is 9.89. The molecular weight excluding hydrogens is 592 g/mol. The molecule has 4 N–H and O–H groups in total. The quantitative estimate of drug-likeness (QED) is 0.194. The van der Waals surface area contributed by atoms with Crippen molar-refractivity contribution >= 4 is 34.7 Å². The van der Waals surface area contributed by atoms with Gasteiger partial charge in [-0.2, -0.15) is 0 Å². The number of anilines is 4. The topological polar surface area (TPSA) is 114 Å². The van der Waals surface area contributed by atoms with Crippen LogP contribution in [0.1, 0.15) is 30.3 Å². The maximum atomic E-state index is 14.3. The van der Waals surface area contributed by atoms with Crippen molar-refractivity contribution in [2.75, 3.05) is 56.6 Å². The predicted molar refractivity (Wildman–Crippen MR) is 165 cm³/mol. The number of aromatic nitrogens is 3. The van der Waals surface area contributed by atoms with Crippen molar-refractivity contribution in [3.63, 3.8) is 0 Å². The Morgan fingerprint density at radius 2 is 1.41 bits per heavy atom. The van der Waals surface area contributed by atoms with Crippen LogP contribution in [-0.2, 0) is 9.47 Å². The number of hydrogen-bond acceptors (Lipinski definition) is 10. The van der Waals surface area contributed by atoms with Gasteiger partial charge in [0.15, 0.2) is 5.75 Å². The number of hydrogen-bond donors (Lipinski definition) is 4. The van der Waals surface area contributed by atoms with Crippen LogP contribution in [0, 0.1) is 11.6 Å². The van der Waals surface area contributed by atoms with Gasteiger partial charge in [-0.1, -0.05) is 23.7 Å². The van der Waals surface area contributed by atoms with Crippen molar-refractivity contribution in [3.05, 3.63) is 94.9 Å². The van der Waals surface area contributed by atoms with Gasteiger partial charge in [0.2, 0.25) is 5.95 Å². The van der Waals surface area contributed by atoms with Gasteiger partial charge in [-0.05, 0) is 54.4 Å². The largest absolute Gasteiger partial charge is 0.491 e. The van der Waals surface area contributed by atoms with Crippen LogP contribution in [0.5, 0.6) is 5.75 Å². The fraction of sp³-hybridized carbons (Fsp3) is 0.323. The van der Waals surface area contributed by atoms with E-state index in [-0.39, 0.29) is 23.8 Å². The molecule has 2 aromatic heterocycles. The van der Waals surface area contributed by atoms with Gasteiger partial charge in [0, 0.05) is 32.4 Å². The first kappa shape index (κ1) is 31.5. The summed E-state index contributed by atoms with van der Waals surface area (Å²) in [5.74, 6) is 0.737. The van der Waals surface area contributed by atoms with Gasteiger partial charge >= 0.3 is 0 Å². The predicted octanol–water partition coefficient (Wildman–Crippen LogP) is 5.70. The third-order valence-electron chi connectivity index (χ3n) is 6.76. The highest BCUT2D eigenvalue weighted by atomic mass is 35.5. The van der Waals surface area contributed by atoms with E-state index >= 15 is 0 Å². The molecule has 2 unspecified atom stereocenters. The monoisotopic (exact) mass is 625 g/mol. The fourth-order valence-electron chi connectivity index (χ4n) is 4.56. The number of ether oxygens (including phenoxy) is 3. The normalized spacial score (nSPS) is 18.1. The molecule has 2 atom stereocenters. The van der Waals surface area contributed by atoms with E-state index in [1.165, 1.54) is 18.3 Å². The molecule has 0 saturated carbocycles. The van der Waals surface area contributed by atoms with Crippen molar-refractivity contribution in [3.8, 4) is 5.75 Å². The summed E-state index contributed by atoms with van der Waals surface area (Å²) >= 11 is 5.77. The van der Waals surface area contributed by atoms with Gasteiger partial charge in [-0.3, -0.25) is 0 Å². The van der Waals surface area contributed by atoms with Gasteiger partial charge in [0.05, 0.1) is 60.8 Å². The third-order valence-corrected chi connectivity index (χ3v) is 6.98. The molecule has 232 valence electrons. The minimum absolute atomic E-state index is 0.101. The molecule has 0 amide bonds. The van der Waals surface area contributed by atoms with Crippen molar-refractivity contribution in [2.24, 2.45) is 0 Å². The molecule has 10 nitrogen and oxygen atoms in total. The third kappa shape index (κ3) is 8.80. The first-order valence-electron chi connectivity index (χ1n) is 14.3. The number of morpholine rings is 2. The van der Waals surface area contributed by atoms with Crippen molar-refractivity contribution in [2.45, 2.75) is 19.1 Å². The molecule has 4 heterocycles. The summed E-state index contributed by atoms with van der Waals surface area (Å²) in [6, 6.07) is 13.4. The van der Waals surface area contributed by atoms with Crippen LogP contribution in [0.3, 0.4) is 0 Å². The zero-order chi connectivity index (χ0) is 30.7. The first-order valence-corrected chi connectivity index (χ1v) is 14.7. The molecule has 2 aromatic carbocycles. The molecule has 0 aliphatic carbocycles. The Kier molecular flexibility index (Phi) is 11.2. The van der Waals surface area contributed by atoms with Crippen LogP contribution >= 0.6 is 11.6 Å². The zero-order valence-corrected chi connectivity index (χ0v) is 24.9. The Labute approximate surface area is 259 Å². The van der Waals surface area contributed by atoms with Gasteiger partial charge < -0.3 is 35.5 Å². The summed E-state index contributed by atoms with van der Waals surface area (Å²) in [6.07, 6.45) is 4.39. The van der Waals surface area contributed by atoms with Crippen molar-refractivity contribution in [1.29, 1.82) is 0 Å². The van der Waals surface area contributed by atoms with Crippen molar-refractivity contribution < 1.29 is 23.0 Å². The van der Waals surface area contributed by atoms with Gasteiger partial charge in [0.25, 0.3) is 0 Å². The first-order chi connectivity index (χ1) is 21.5. The Balaban J connectivity index is 0.000000175. The average Bonchev–Trinajstić information content (AvgIpc) is 3.06. The summed E-state index contributed by atoms with van der Waals surface area (Å²) < 4.78 is 45.0. The molecule has 2 aliphatic heterocycles. The van der Waals surface area contributed by atoms with Crippen LogP contribution in [0.15, 0.2) is 67.1 Å². The number of nitrogens with one attached hydrogen (secondary N) is 4. The number of nitrogens with zero attached hydrogens (tertiary/aromatic N) is 3. The number of benzene rings is 2. The molecule has 0 radical (unpaired) electrons. The SMILES string of the molecule is CCOc1cnc(Nc2ccc(C3CNCCO3)cc2F)nc1.Fc1cc(C2CNCCO2)ccc1Nc1ccc(Cl)cn1. The van der Waals surface area contributed by atoms with E-state index in [1.807, 2.05) is 19.1 Å². The Hall–Kier alpha value is -3.94. The van der Waals surface area contributed by atoms with E-state index in [2.05, 4.69) is 36.2 Å². The molecule has 4 aromatic rings. The summed E-state index contributed by atoms with van der Waals surface area (Å²) in [7, 11) is 0. The maximum absolute atomic E-state index is 14.3. The lowest BCUT2D eigenvalue weighted by Gasteiger charge is -2.24. The lowest BCUT2D eigenvalue weighted by atomic mass is 10.1. The number of rotatable bonds is 8. The second kappa shape index (κ2) is 15.7. The molecule has 2 aliphatic rings. The molecular formula is C31H34ClF2N7O3. The van der Waals surface area contributed by atoms with E-state index < -0.39 is 0 Å². The molecule has 2 saturated heterocycles. The van der Waals surface area contributed by atoms with E-state index in [4.69, 9.17) is 25.8 Å². The Morgan fingerprint density at radius 1 is 0.818 bits per heavy atom. The lowest BCUT2D eigenvalue weighted by Crippen LogP contribution is -2.33. The minimum atomic E-state index is -0.367. The van der Waals surface area contributed by atoms with Gasteiger partial charge in [-0.15, -0.1) is 0 Å². The number of pyridine rings is 1. The highest BCUT2D eigenvalue weighted by molar-refractivity contribution is 6.30. The minimum Gasteiger partial charge on any atom is -0.491 e. The highest BCUT2D eigenvalue weighted by Gasteiger charge is 2.18. The number of halogens is 3. The molecule has 0 spiro atoms. The zero-order valence-electron chi connectivity index (χ0n) is 24.2.